The number of hydrogen-bond donors (Lipinski definition) is 5. The lowest BCUT2D eigenvalue weighted by Crippen LogP contribution is -2.20. The molecule has 0 aliphatic rings. The van der Waals surface area contributed by atoms with Gasteiger partial charge in [0, 0.05) is 18.3 Å². The molecule has 0 aliphatic carbocycles. The van der Waals surface area contributed by atoms with Gasteiger partial charge in [-0.15, -0.1) is 0 Å². The fourth-order valence-electron chi connectivity index (χ4n) is 2.86. The van der Waals surface area contributed by atoms with Crippen LogP contribution in [0.2, 0.25) is 10.0 Å². The third-order valence-corrected chi connectivity index (χ3v) is 5.10. The van der Waals surface area contributed by atoms with Crippen molar-refractivity contribution in [2.45, 2.75) is 12.7 Å². The largest absolute Gasteiger partial charge is 0.505 e. The molecule has 1 heterocycles. The number of carbonyl (C=O) groups is 1. The van der Waals surface area contributed by atoms with E-state index < -0.39 is 23.5 Å². The Hall–Kier alpha value is -3.50. The van der Waals surface area contributed by atoms with Gasteiger partial charge in [0.1, 0.15) is 5.82 Å². The van der Waals surface area contributed by atoms with E-state index >= 15 is 0 Å². The number of carbonyl (C=O) groups excluding carboxylic acids is 1. The van der Waals surface area contributed by atoms with Crippen LogP contribution in [-0.4, -0.2) is 22.3 Å². The molecule has 0 aliphatic heterocycles. The predicted octanol–water partition coefficient (Wildman–Crippen LogP) is 6.37. The highest BCUT2D eigenvalue weighted by molar-refractivity contribution is 6.39. The van der Waals surface area contributed by atoms with E-state index in [1.807, 2.05) is 0 Å². The molecule has 2 aromatic carbocycles. The SMILES string of the molecule is N=Cc1c(NC(=O)Nc2ccc(NCc3ccccc3C(F)(F)F)nc2)cc(Cl)c(O)c1Cl. The van der Waals surface area contributed by atoms with Crippen LogP contribution >= 0.6 is 23.2 Å². The molecule has 12 heteroatoms. The quantitative estimate of drug-likeness (QED) is 0.201. The Labute approximate surface area is 196 Å². The van der Waals surface area contributed by atoms with Crippen molar-refractivity contribution < 1.29 is 23.1 Å². The summed E-state index contributed by atoms with van der Waals surface area (Å²) in [5.74, 6) is -0.103. The Bertz CT molecular complexity index is 1190. The van der Waals surface area contributed by atoms with Crippen LogP contribution in [0.4, 0.5) is 35.2 Å². The number of anilines is 3. The molecular weight excluding hydrogens is 482 g/mol. The molecule has 3 rings (SSSR count). The second-order valence-electron chi connectivity index (χ2n) is 6.65. The van der Waals surface area contributed by atoms with Crippen molar-refractivity contribution in [1.29, 1.82) is 5.41 Å². The zero-order chi connectivity index (χ0) is 24.2. The van der Waals surface area contributed by atoms with Crippen LogP contribution in [-0.2, 0) is 12.7 Å². The number of phenolic OH excluding ortho intramolecular Hbond substituents is 1. The lowest BCUT2D eigenvalue weighted by molar-refractivity contribution is -0.138. The summed E-state index contributed by atoms with van der Waals surface area (Å²) in [5, 5.41) is 24.7. The first-order valence-electron chi connectivity index (χ1n) is 9.24. The third-order valence-electron chi connectivity index (χ3n) is 4.43. The summed E-state index contributed by atoms with van der Waals surface area (Å²) < 4.78 is 39.3. The van der Waals surface area contributed by atoms with E-state index in [0.717, 1.165) is 12.3 Å². The minimum Gasteiger partial charge on any atom is -0.505 e. The molecule has 0 saturated carbocycles. The summed E-state index contributed by atoms with van der Waals surface area (Å²) in [6.07, 6.45) is -2.30. The molecule has 0 atom stereocenters. The number of benzene rings is 2. The molecule has 0 radical (unpaired) electrons. The minimum absolute atomic E-state index is 0.0607. The molecule has 0 unspecified atom stereocenters. The van der Waals surface area contributed by atoms with Gasteiger partial charge in [0.25, 0.3) is 0 Å². The number of hydrogen-bond acceptors (Lipinski definition) is 5. The van der Waals surface area contributed by atoms with Crippen LogP contribution in [0.5, 0.6) is 5.75 Å². The van der Waals surface area contributed by atoms with E-state index in [-0.39, 0.29) is 33.4 Å². The molecule has 3 aromatic rings. The molecule has 5 N–H and O–H groups in total. The Kier molecular flexibility index (Phi) is 7.29. The summed E-state index contributed by atoms with van der Waals surface area (Å²) in [4.78, 5) is 16.4. The van der Waals surface area contributed by atoms with Crippen molar-refractivity contribution in [2.75, 3.05) is 16.0 Å². The molecule has 0 saturated heterocycles. The van der Waals surface area contributed by atoms with Crippen LogP contribution in [0, 0.1) is 5.41 Å². The summed E-state index contributed by atoms with van der Waals surface area (Å²) >= 11 is 11.8. The molecule has 33 heavy (non-hydrogen) atoms. The van der Waals surface area contributed by atoms with Gasteiger partial charge in [0.15, 0.2) is 5.75 Å². The van der Waals surface area contributed by atoms with Gasteiger partial charge in [0.2, 0.25) is 0 Å². The fraction of sp³-hybridized carbons (Fsp3) is 0.0952. The van der Waals surface area contributed by atoms with E-state index in [4.69, 9.17) is 28.6 Å². The lowest BCUT2D eigenvalue weighted by atomic mass is 10.1. The monoisotopic (exact) mass is 497 g/mol. The van der Waals surface area contributed by atoms with E-state index in [1.165, 1.54) is 42.6 Å². The molecule has 0 bridgehead atoms. The molecule has 1 aromatic heterocycles. The molecule has 2 amide bonds. The topological polar surface area (TPSA) is 110 Å². The standard InChI is InChI=1S/C21H16Cl2F3N5O2/c22-15-7-16(13(8-27)18(23)19(15)32)31-20(33)30-12-5-6-17(29-10-12)28-9-11-3-1-2-4-14(11)21(24,25)26/h1-8,10,27,32H,9H2,(H,28,29)(H2,30,31,33). The lowest BCUT2D eigenvalue weighted by Gasteiger charge is -2.14. The number of halogens is 5. The first-order chi connectivity index (χ1) is 15.6. The maximum Gasteiger partial charge on any atom is 0.416 e. The Morgan fingerprint density at radius 2 is 1.88 bits per heavy atom. The van der Waals surface area contributed by atoms with Gasteiger partial charge in [-0.2, -0.15) is 13.2 Å². The zero-order valence-corrected chi connectivity index (χ0v) is 18.1. The van der Waals surface area contributed by atoms with Gasteiger partial charge < -0.3 is 26.5 Å². The number of nitrogens with zero attached hydrogens (tertiary/aromatic N) is 1. The summed E-state index contributed by atoms with van der Waals surface area (Å²) in [5.41, 5.74) is -0.204. The highest BCUT2D eigenvalue weighted by Gasteiger charge is 2.32. The van der Waals surface area contributed by atoms with Gasteiger partial charge >= 0.3 is 12.2 Å². The van der Waals surface area contributed by atoms with E-state index in [1.54, 1.807) is 0 Å². The summed E-state index contributed by atoms with van der Waals surface area (Å²) in [6, 6.07) is 8.76. The van der Waals surface area contributed by atoms with Gasteiger partial charge in [-0.3, -0.25) is 0 Å². The number of aromatic hydroxyl groups is 1. The summed E-state index contributed by atoms with van der Waals surface area (Å²) in [7, 11) is 0. The average Bonchev–Trinajstić information content (AvgIpc) is 2.77. The third kappa shape index (κ3) is 5.85. The Morgan fingerprint density at radius 3 is 2.52 bits per heavy atom. The second kappa shape index (κ2) is 9.97. The first-order valence-corrected chi connectivity index (χ1v) is 10.00. The number of amides is 2. The maximum atomic E-state index is 13.1. The number of aromatic nitrogens is 1. The Balaban J connectivity index is 1.64. The van der Waals surface area contributed by atoms with Gasteiger partial charge in [-0.1, -0.05) is 41.4 Å². The number of urea groups is 1. The zero-order valence-electron chi connectivity index (χ0n) is 16.6. The predicted molar refractivity (Wildman–Crippen MR) is 122 cm³/mol. The number of nitrogens with one attached hydrogen (secondary N) is 4. The molecule has 0 fully saturated rings. The van der Waals surface area contributed by atoms with E-state index in [0.29, 0.717) is 11.5 Å². The molecule has 7 nitrogen and oxygen atoms in total. The number of pyridine rings is 1. The van der Waals surface area contributed by atoms with E-state index in [2.05, 4.69) is 20.9 Å². The molecular formula is C21H16Cl2F3N5O2. The van der Waals surface area contributed by atoms with Crippen molar-refractivity contribution >= 4 is 52.6 Å². The molecule has 172 valence electrons. The van der Waals surface area contributed by atoms with Crippen LogP contribution in [0.15, 0.2) is 48.7 Å². The van der Waals surface area contributed by atoms with Crippen LogP contribution < -0.4 is 16.0 Å². The van der Waals surface area contributed by atoms with Crippen LogP contribution in [0.3, 0.4) is 0 Å². The second-order valence-corrected chi connectivity index (χ2v) is 7.43. The van der Waals surface area contributed by atoms with Crippen LogP contribution in [0.1, 0.15) is 16.7 Å². The van der Waals surface area contributed by atoms with Crippen molar-refractivity contribution in [3.8, 4) is 5.75 Å². The van der Waals surface area contributed by atoms with Gasteiger partial charge in [-0.05, 0) is 29.8 Å². The number of phenols is 1. The maximum absolute atomic E-state index is 13.1. The van der Waals surface area contributed by atoms with Crippen molar-refractivity contribution in [3.05, 3.63) is 75.4 Å². The summed E-state index contributed by atoms with van der Waals surface area (Å²) in [6.45, 7) is -0.0925. The average molecular weight is 498 g/mol. The molecule has 0 spiro atoms. The van der Waals surface area contributed by atoms with Crippen molar-refractivity contribution in [3.63, 3.8) is 0 Å². The van der Waals surface area contributed by atoms with Gasteiger partial charge in [-0.25, -0.2) is 9.78 Å². The normalized spacial score (nSPS) is 11.1. The van der Waals surface area contributed by atoms with Gasteiger partial charge in [0.05, 0.1) is 33.2 Å². The number of alkyl halides is 3. The van der Waals surface area contributed by atoms with E-state index in [9.17, 15) is 23.1 Å². The minimum atomic E-state index is -4.46. The Morgan fingerprint density at radius 1 is 1.15 bits per heavy atom. The van der Waals surface area contributed by atoms with Crippen LogP contribution in [0.25, 0.3) is 0 Å². The highest BCUT2D eigenvalue weighted by atomic mass is 35.5. The smallest absolute Gasteiger partial charge is 0.416 e. The highest BCUT2D eigenvalue weighted by Crippen LogP contribution is 2.38. The van der Waals surface area contributed by atoms with Crippen molar-refractivity contribution in [2.24, 2.45) is 0 Å². The van der Waals surface area contributed by atoms with Crippen molar-refractivity contribution in [1.82, 2.24) is 4.98 Å². The fourth-order valence-corrected chi connectivity index (χ4v) is 3.37. The first kappa shape index (κ1) is 24.1. The number of rotatable bonds is 6.